The van der Waals surface area contributed by atoms with Crippen molar-refractivity contribution in [3.8, 4) is 0 Å². The summed E-state index contributed by atoms with van der Waals surface area (Å²) in [6, 6.07) is 6.01. The molecule has 158 valence electrons. The van der Waals surface area contributed by atoms with Crippen molar-refractivity contribution >= 4 is 56.1 Å². The zero-order valence-electron chi connectivity index (χ0n) is 16.9. The maximum atomic E-state index is 12.9. The Hall–Kier alpha value is -1.88. The van der Waals surface area contributed by atoms with Crippen molar-refractivity contribution in [1.82, 2.24) is 14.5 Å². The highest BCUT2D eigenvalue weighted by atomic mass is 32.2. The molecular formula is C20H22N4O3S3. The smallest absolute Gasteiger partial charge is 0.268 e. The Bertz CT molecular complexity index is 1160. The summed E-state index contributed by atoms with van der Waals surface area (Å²) < 4.78 is 7.81. The topological polar surface area (TPSA) is 86.1 Å². The Morgan fingerprint density at radius 2 is 2.23 bits per heavy atom. The average molecular weight is 463 g/mol. The van der Waals surface area contributed by atoms with Gasteiger partial charge in [0.05, 0.1) is 39.7 Å². The molecular weight excluding hydrogens is 440 g/mol. The van der Waals surface area contributed by atoms with E-state index in [-0.39, 0.29) is 17.2 Å². The van der Waals surface area contributed by atoms with E-state index < -0.39 is 0 Å². The average Bonchev–Trinajstić information content (AvgIpc) is 3.27. The van der Waals surface area contributed by atoms with Crippen LogP contribution in [0.3, 0.4) is 0 Å². The second-order valence-electron chi connectivity index (χ2n) is 7.08. The van der Waals surface area contributed by atoms with E-state index in [2.05, 4.69) is 23.3 Å². The predicted molar refractivity (Wildman–Crippen MR) is 123 cm³/mol. The number of ether oxygens (including phenoxy) is 1. The molecule has 0 spiro atoms. The fraction of sp³-hybridized carbons (Fsp3) is 0.400. The number of rotatable bonds is 7. The van der Waals surface area contributed by atoms with E-state index in [0.717, 1.165) is 32.8 Å². The van der Waals surface area contributed by atoms with Gasteiger partial charge in [-0.25, -0.2) is 9.97 Å². The van der Waals surface area contributed by atoms with Crippen molar-refractivity contribution in [2.45, 2.75) is 42.1 Å². The Balaban J connectivity index is 1.49. The van der Waals surface area contributed by atoms with Crippen LogP contribution in [0.5, 0.6) is 0 Å². The van der Waals surface area contributed by atoms with Gasteiger partial charge >= 0.3 is 0 Å². The van der Waals surface area contributed by atoms with Gasteiger partial charge in [0, 0.05) is 18.8 Å². The standard InChI is InChI=1S/C20H22N4O3S3/c1-11-4-5-13-15(8-11)30-19(21-13)23-16(25)10-28-20-22-14-9-12(2)29-17(14)18(26)24(20)6-7-27-3/h4-5,8,12H,6-7,9-10H2,1-3H3,(H,21,23,25)/t12-/m1/s1. The number of thiazole rings is 1. The van der Waals surface area contributed by atoms with E-state index in [1.165, 1.54) is 23.1 Å². The molecule has 3 aromatic rings. The zero-order valence-corrected chi connectivity index (χ0v) is 19.4. The van der Waals surface area contributed by atoms with Gasteiger partial charge in [-0.05, 0) is 24.6 Å². The summed E-state index contributed by atoms with van der Waals surface area (Å²) in [6.45, 7) is 4.93. The number of hydrogen-bond acceptors (Lipinski definition) is 8. The van der Waals surface area contributed by atoms with Gasteiger partial charge in [-0.1, -0.05) is 36.1 Å². The molecule has 7 nitrogen and oxygen atoms in total. The highest BCUT2D eigenvalue weighted by Gasteiger charge is 2.26. The van der Waals surface area contributed by atoms with Crippen LogP contribution in [0.15, 0.2) is 33.0 Å². The van der Waals surface area contributed by atoms with Crippen LogP contribution in [0.1, 0.15) is 18.2 Å². The number of methoxy groups -OCH3 is 1. The first-order valence-electron chi connectivity index (χ1n) is 9.53. The van der Waals surface area contributed by atoms with E-state index in [9.17, 15) is 9.59 Å². The van der Waals surface area contributed by atoms with Gasteiger partial charge in [0.1, 0.15) is 0 Å². The number of aromatic nitrogens is 3. The third-order valence-corrected chi connectivity index (χ3v) is 7.73. The van der Waals surface area contributed by atoms with Gasteiger partial charge in [0.25, 0.3) is 5.56 Å². The van der Waals surface area contributed by atoms with E-state index in [4.69, 9.17) is 9.72 Å². The lowest BCUT2D eigenvalue weighted by Gasteiger charge is -2.13. The van der Waals surface area contributed by atoms with Crippen molar-refractivity contribution < 1.29 is 9.53 Å². The fourth-order valence-electron chi connectivity index (χ4n) is 3.19. The van der Waals surface area contributed by atoms with Gasteiger partial charge in [0.15, 0.2) is 10.3 Å². The lowest BCUT2D eigenvalue weighted by molar-refractivity contribution is -0.113. The number of aryl methyl sites for hydroxylation is 1. The number of carbonyl (C=O) groups is 1. The molecule has 0 saturated heterocycles. The van der Waals surface area contributed by atoms with Crippen LogP contribution in [-0.4, -0.2) is 45.2 Å². The normalized spacial score (nSPS) is 15.5. The molecule has 2 aromatic heterocycles. The molecule has 1 aromatic carbocycles. The van der Waals surface area contributed by atoms with Crippen LogP contribution < -0.4 is 10.9 Å². The lowest BCUT2D eigenvalue weighted by Crippen LogP contribution is -2.27. The summed E-state index contributed by atoms with van der Waals surface area (Å²) in [5, 5.41) is 4.33. The molecule has 3 heterocycles. The van der Waals surface area contributed by atoms with Crippen molar-refractivity contribution in [1.29, 1.82) is 0 Å². The van der Waals surface area contributed by atoms with Crippen LogP contribution in [-0.2, 0) is 22.5 Å². The zero-order chi connectivity index (χ0) is 21.3. The first-order chi connectivity index (χ1) is 14.4. The van der Waals surface area contributed by atoms with Crippen LogP contribution in [0.4, 0.5) is 5.13 Å². The lowest BCUT2D eigenvalue weighted by atomic mass is 10.2. The molecule has 0 bridgehead atoms. The van der Waals surface area contributed by atoms with Crippen LogP contribution in [0.25, 0.3) is 10.2 Å². The first-order valence-corrected chi connectivity index (χ1v) is 12.2. The molecule has 1 amide bonds. The summed E-state index contributed by atoms with van der Waals surface area (Å²) in [6.07, 6.45) is 0.769. The van der Waals surface area contributed by atoms with Gasteiger partial charge in [-0.15, -0.1) is 11.8 Å². The third-order valence-electron chi connectivity index (χ3n) is 4.60. The fourth-order valence-corrected chi connectivity index (χ4v) is 6.13. The summed E-state index contributed by atoms with van der Waals surface area (Å²) in [4.78, 5) is 35.3. The molecule has 0 saturated carbocycles. The summed E-state index contributed by atoms with van der Waals surface area (Å²) in [5.74, 6) is -0.0258. The minimum Gasteiger partial charge on any atom is -0.383 e. The molecule has 0 fully saturated rings. The molecule has 30 heavy (non-hydrogen) atoms. The van der Waals surface area contributed by atoms with Gasteiger partial charge in [-0.2, -0.15) is 0 Å². The monoisotopic (exact) mass is 462 g/mol. The second-order valence-corrected chi connectivity index (χ2v) is 10.5. The van der Waals surface area contributed by atoms with E-state index >= 15 is 0 Å². The number of amides is 1. The number of thioether (sulfide) groups is 2. The second kappa shape index (κ2) is 9.09. The summed E-state index contributed by atoms with van der Waals surface area (Å²) in [7, 11) is 1.60. The van der Waals surface area contributed by atoms with E-state index in [1.807, 2.05) is 19.1 Å². The predicted octanol–water partition coefficient (Wildman–Crippen LogP) is 3.58. The largest absolute Gasteiger partial charge is 0.383 e. The number of benzene rings is 1. The van der Waals surface area contributed by atoms with Crippen LogP contribution in [0.2, 0.25) is 0 Å². The molecule has 0 aliphatic carbocycles. The quantitative estimate of drug-likeness (QED) is 0.424. The molecule has 10 heteroatoms. The summed E-state index contributed by atoms with van der Waals surface area (Å²) >= 11 is 4.29. The Morgan fingerprint density at radius 3 is 3.03 bits per heavy atom. The van der Waals surface area contributed by atoms with Crippen molar-refractivity contribution in [2.75, 3.05) is 24.8 Å². The number of nitrogens with one attached hydrogen (secondary N) is 1. The number of nitrogens with zero attached hydrogens (tertiary/aromatic N) is 3. The van der Waals surface area contributed by atoms with Gasteiger partial charge in [-0.3, -0.25) is 14.2 Å². The first kappa shape index (κ1) is 21.4. The maximum Gasteiger partial charge on any atom is 0.268 e. The van der Waals surface area contributed by atoms with Crippen molar-refractivity contribution in [3.05, 3.63) is 39.8 Å². The Kier molecular flexibility index (Phi) is 6.47. The van der Waals surface area contributed by atoms with Crippen LogP contribution in [0, 0.1) is 6.92 Å². The highest BCUT2D eigenvalue weighted by molar-refractivity contribution is 8.00. The maximum absolute atomic E-state index is 12.9. The minimum atomic E-state index is -0.174. The molecule has 0 radical (unpaired) electrons. The molecule has 0 unspecified atom stereocenters. The van der Waals surface area contributed by atoms with E-state index in [1.54, 1.807) is 23.4 Å². The number of carbonyl (C=O) groups excluding carboxylic acids is 1. The third kappa shape index (κ3) is 4.56. The highest BCUT2D eigenvalue weighted by Crippen LogP contribution is 2.34. The number of hydrogen-bond donors (Lipinski definition) is 1. The molecule has 1 atom stereocenters. The molecule has 1 N–H and O–H groups in total. The van der Waals surface area contributed by atoms with Crippen molar-refractivity contribution in [3.63, 3.8) is 0 Å². The number of anilines is 1. The molecule has 1 aliphatic rings. The van der Waals surface area contributed by atoms with Gasteiger partial charge < -0.3 is 10.1 Å². The minimum absolute atomic E-state index is 0.0455. The molecule has 1 aliphatic heterocycles. The Morgan fingerprint density at radius 1 is 1.40 bits per heavy atom. The summed E-state index contributed by atoms with van der Waals surface area (Å²) in [5.41, 5.74) is 2.81. The van der Waals surface area contributed by atoms with Crippen LogP contribution >= 0.6 is 34.9 Å². The number of fused-ring (bicyclic) bond motifs is 2. The molecule has 4 rings (SSSR count). The van der Waals surface area contributed by atoms with Crippen molar-refractivity contribution in [2.24, 2.45) is 0 Å². The van der Waals surface area contributed by atoms with E-state index in [0.29, 0.717) is 28.7 Å². The Labute approximate surface area is 186 Å². The van der Waals surface area contributed by atoms with Gasteiger partial charge in [0.2, 0.25) is 5.91 Å². The SMILES string of the molecule is COCCn1c(SCC(=O)Nc2nc3ccc(C)cc3s2)nc2c(c1=O)S[C@H](C)C2.